The lowest BCUT2D eigenvalue weighted by molar-refractivity contribution is -0.164. The normalized spacial score (nSPS) is 27.0. The number of rotatable bonds is 8. The minimum Gasteiger partial charge on any atom is -0.508 e. The first kappa shape index (κ1) is 29.7. The van der Waals surface area contributed by atoms with Gasteiger partial charge in [0.25, 0.3) is 0 Å². The molecule has 15 heteroatoms. The number of carbonyl (C=O) groups is 4. The molecule has 0 aromatic heterocycles. The molecule has 3 aliphatic rings. The Hall–Kier alpha value is -2.28. The predicted octanol–water partition coefficient (Wildman–Crippen LogP) is 2.43. The number of fused-ring (bicyclic) bond motifs is 1. The summed E-state index contributed by atoms with van der Waals surface area (Å²) in [6.45, 7) is 4.26. The van der Waals surface area contributed by atoms with Crippen molar-refractivity contribution in [3.8, 4) is 5.75 Å². The third-order valence-electron chi connectivity index (χ3n) is 6.98. The number of halogens is 3. The first-order chi connectivity index (χ1) is 18.1. The van der Waals surface area contributed by atoms with Gasteiger partial charge in [0, 0.05) is 0 Å². The number of ether oxygens (including phenoxy) is 2. The number of nitrogens with zero attached hydrogens (tertiary/aromatic N) is 1. The van der Waals surface area contributed by atoms with Gasteiger partial charge in [-0.2, -0.15) is 0 Å². The highest BCUT2D eigenvalue weighted by atomic mass is 35.6. The van der Waals surface area contributed by atoms with Gasteiger partial charge in [-0.1, -0.05) is 46.9 Å². The van der Waals surface area contributed by atoms with Gasteiger partial charge in [0.05, 0.1) is 15.5 Å². The Balaban J connectivity index is 1.50. The van der Waals surface area contributed by atoms with E-state index in [9.17, 15) is 28.5 Å². The molecule has 0 bridgehead atoms. The van der Waals surface area contributed by atoms with Crippen LogP contribution in [0.2, 0.25) is 0 Å². The van der Waals surface area contributed by atoms with Gasteiger partial charge >= 0.3 is 12.1 Å². The fraction of sp³-hybridized carbons (Fsp3) is 0.583. The number of nitrogens with one attached hydrogen (secondary N) is 2. The van der Waals surface area contributed by atoms with Crippen molar-refractivity contribution < 1.29 is 38.0 Å². The van der Waals surface area contributed by atoms with Crippen molar-refractivity contribution in [2.75, 3.05) is 6.61 Å². The van der Waals surface area contributed by atoms with E-state index in [1.807, 2.05) is 0 Å². The number of amides is 3. The standard InChI is InChI=1S/C24H28Cl3N3O8S/c1-11(12-4-5-12)38-22(35)29-15(13-6-8-14(31)9-7-13)18(32)28-16-19(33)30-17(21(34)37-10-24(25,26)27)23(2,3)39(36)20(16)30/h6-9,11-12,15-17,20,31H,4-5,10H2,1-3H3,(H,28,32)(H,29,35)/t11?,15?,16?,17?,20-,39?/m1/s1. The van der Waals surface area contributed by atoms with Crippen molar-refractivity contribution in [1.82, 2.24) is 15.5 Å². The summed E-state index contributed by atoms with van der Waals surface area (Å²) in [7, 11) is -1.80. The highest BCUT2D eigenvalue weighted by molar-refractivity contribution is 7.87. The zero-order chi connectivity index (χ0) is 28.9. The number of hydrogen-bond donors (Lipinski definition) is 3. The fourth-order valence-corrected chi connectivity index (χ4v) is 6.77. The summed E-state index contributed by atoms with van der Waals surface area (Å²) in [5, 5.41) is 13.7. The first-order valence-electron chi connectivity index (χ1n) is 12.1. The molecule has 0 spiro atoms. The third kappa shape index (κ3) is 6.23. The van der Waals surface area contributed by atoms with E-state index in [4.69, 9.17) is 44.3 Å². The van der Waals surface area contributed by atoms with Gasteiger partial charge in [-0.3, -0.25) is 13.8 Å². The van der Waals surface area contributed by atoms with Gasteiger partial charge in [0.2, 0.25) is 15.6 Å². The first-order valence-corrected chi connectivity index (χ1v) is 14.5. The zero-order valence-corrected chi connectivity index (χ0v) is 24.3. The number of alkyl halides is 3. The molecule has 3 fully saturated rings. The monoisotopic (exact) mass is 623 g/mol. The number of phenols is 1. The maximum atomic E-state index is 13.4. The molecule has 39 heavy (non-hydrogen) atoms. The molecule has 6 atom stereocenters. The lowest BCUT2D eigenvalue weighted by Gasteiger charge is -2.43. The van der Waals surface area contributed by atoms with Crippen molar-refractivity contribution in [3.63, 3.8) is 0 Å². The van der Waals surface area contributed by atoms with E-state index in [1.54, 1.807) is 6.92 Å². The van der Waals surface area contributed by atoms with E-state index in [0.717, 1.165) is 17.7 Å². The summed E-state index contributed by atoms with van der Waals surface area (Å²) >= 11 is 17.0. The molecule has 1 aromatic carbocycles. The summed E-state index contributed by atoms with van der Waals surface area (Å²) in [5.41, 5.74) is 0.311. The second-order valence-electron chi connectivity index (χ2n) is 10.3. The van der Waals surface area contributed by atoms with Gasteiger partial charge in [0.15, 0.2) is 0 Å². The van der Waals surface area contributed by atoms with E-state index in [-0.39, 0.29) is 17.8 Å². The van der Waals surface area contributed by atoms with Crippen LogP contribution in [0.25, 0.3) is 0 Å². The van der Waals surface area contributed by atoms with E-state index < -0.39 is 73.3 Å². The smallest absolute Gasteiger partial charge is 0.408 e. The molecule has 1 saturated carbocycles. The molecule has 4 rings (SSSR count). The number of benzene rings is 1. The van der Waals surface area contributed by atoms with E-state index in [0.29, 0.717) is 5.56 Å². The van der Waals surface area contributed by atoms with Crippen LogP contribution < -0.4 is 10.6 Å². The number of aromatic hydroxyl groups is 1. The molecule has 2 heterocycles. The zero-order valence-electron chi connectivity index (χ0n) is 21.2. The largest absolute Gasteiger partial charge is 0.508 e. The van der Waals surface area contributed by atoms with Crippen molar-refractivity contribution >= 4 is 69.5 Å². The molecule has 2 saturated heterocycles. The fourth-order valence-electron chi connectivity index (χ4n) is 4.69. The van der Waals surface area contributed by atoms with Crippen LogP contribution >= 0.6 is 34.8 Å². The Morgan fingerprint density at radius 2 is 1.82 bits per heavy atom. The van der Waals surface area contributed by atoms with Crippen LogP contribution in [-0.4, -0.2) is 76.8 Å². The summed E-state index contributed by atoms with van der Waals surface area (Å²) in [6.07, 6.45) is 0.734. The van der Waals surface area contributed by atoms with E-state index >= 15 is 0 Å². The second kappa shape index (κ2) is 10.9. The Labute approximate surface area is 242 Å². The van der Waals surface area contributed by atoms with Crippen molar-refractivity contribution in [2.24, 2.45) is 5.92 Å². The highest BCUT2D eigenvalue weighted by Gasteiger charge is 2.68. The Morgan fingerprint density at radius 3 is 2.38 bits per heavy atom. The molecule has 3 amide bonds. The minimum atomic E-state index is -1.87. The van der Waals surface area contributed by atoms with Crippen molar-refractivity contribution in [1.29, 1.82) is 0 Å². The molecule has 1 aliphatic carbocycles. The molecule has 5 unspecified atom stereocenters. The Kier molecular flexibility index (Phi) is 8.33. The van der Waals surface area contributed by atoms with Crippen molar-refractivity contribution in [3.05, 3.63) is 29.8 Å². The number of phenolic OH excluding ortho intramolecular Hbond substituents is 1. The van der Waals surface area contributed by atoms with Gasteiger partial charge in [0.1, 0.15) is 42.0 Å². The van der Waals surface area contributed by atoms with Gasteiger partial charge in [-0.15, -0.1) is 0 Å². The van der Waals surface area contributed by atoms with Crippen LogP contribution in [0.5, 0.6) is 5.75 Å². The SMILES string of the molecule is CC(OC(=O)NC(C(=O)NC1C(=O)N2C(C(=O)OCC(Cl)(Cl)Cl)C(C)(C)S(=O)[C@H]12)c1ccc(O)cc1)C1CC1. The number of carbonyl (C=O) groups excluding carboxylic acids is 4. The number of alkyl carbamates (subject to hydrolysis) is 1. The highest BCUT2D eigenvalue weighted by Crippen LogP contribution is 2.44. The van der Waals surface area contributed by atoms with Gasteiger partial charge in [-0.05, 0) is 57.2 Å². The van der Waals surface area contributed by atoms with Gasteiger partial charge < -0.3 is 30.1 Å². The molecule has 11 nitrogen and oxygen atoms in total. The van der Waals surface area contributed by atoms with Crippen LogP contribution in [0, 0.1) is 5.92 Å². The Morgan fingerprint density at radius 1 is 1.21 bits per heavy atom. The summed E-state index contributed by atoms with van der Waals surface area (Å²) < 4.78 is 20.7. The summed E-state index contributed by atoms with van der Waals surface area (Å²) in [4.78, 5) is 53.0. The minimum absolute atomic E-state index is 0.0519. The molecule has 3 N–H and O–H groups in total. The van der Waals surface area contributed by atoms with Crippen LogP contribution in [0.15, 0.2) is 24.3 Å². The van der Waals surface area contributed by atoms with E-state index in [2.05, 4.69) is 10.6 Å². The quantitative estimate of drug-likeness (QED) is 0.227. The van der Waals surface area contributed by atoms with Crippen LogP contribution in [0.3, 0.4) is 0 Å². The molecular weight excluding hydrogens is 597 g/mol. The maximum absolute atomic E-state index is 13.4. The van der Waals surface area contributed by atoms with Crippen LogP contribution in [0.4, 0.5) is 4.79 Å². The maximum Gasteiger partial charge on any atom is 0.408 e. The summed E-state index contributed by atoms with van der Waals surface area (Å²) in [5.74, 6) is -2.10. The molecular formula is C24H28Cl3N3O8S. The molecule has 2 aliphatic heterocycles. The molecule has 1 aromatic rings. The molecule has 0 radical (unpaired) electrons. The Bertz CT molecular complexity index is 1190. The van der Waals surface area contributed by atoms with Crippen molar-refractivity contribution in [2.45, 2.75) is 71.8 Å². The predicted molar refractivity (Wildman–Crippen MR) is 142 cm³/mol. The average molecular weight is 625 g/mol. The number of esters is 1. The lowest BCUT2D eigenvalue weighted by Crippen LogP contribution is -2.72. The van der Waals surface area contributed by atoms with Crippen LogP contribution in [0.1, 0.15) is 45.2 Å². The second-order valence-corrected chi connectivity index (χ2v) is 14.9. The van der Waals surface area contributed by atoms with E-state index in [1.165, 1.54) is 38.1 Å². The lowest BCUT2D eigenvalue weighted by atomic mass is 9.95. The van der Waals surface area contributed by atoms with Crippen LogP contribution in [-0.2, 0) is 34.7 Å². The third-order valence-corrected chi connectivity index (χ3v) is 9.51. The van der Waals surface area contributed by atoms with Gasteiger partial charge in [-0.25, -0.2) is 9.59 Å². The molecule has 214 valence electrons. The summed E-state index contributed by atoms with van der Waals surface area (Å²) in [6, 6.07) is 1.80. The number of β-lactam (4-membered cyclic amide) rings is 1. The topological polar surface area (TPSA) is 151 Å². The number of hydrogen-bond acceptors (Lipinski definition) is 8. The average Bonchev–Trinajstić information content (AvgIpc) is 3.67.